The van der Waals surface area contributed by atoms with Crippen LogP contribution in [0.1, 0.15) is 18.7 Å². The molecule has 0 spiro atoms. The minimum Gasteiger partial charge on any atom is -0.350 e. The Kier molecular flexibility index (Phi) is 2.99. The number of allylic oxidation sites excluding steroid dienone is 2. The molecule has 1 aromatic heterocycles. The number of carbonyl (C=O) groups excluding carboxylic acids is 1. The fraction of sp³-hybridized carbons (Fsp3) is 0.200. The van der Waals surface area contributed by atoms with Gasteiger partial charge in [0.05, 0.1) is 4.88 Å². The number of urea groups is 1. The van der Waals surface area contributed by atoms with Gasteiger partial charge in [-0.15, -0.1) is 15.7 Å². The molecule has 96 valence electrons. The van der Waals surface area contributed by atoms with Gasteiger partial charge in [0.15, 0.2) is 0 Å². The van der Waals surface area contributed by atoms with Gasteiger partial charge in [-0.05, 0) is 30.9 Å². The normalized spacial score (nSPS) is 18.8. The molecule has 0 atom stereocenters. The van der Waals surface area contributed by atoms with Crippen LogP contribution in [-0.2, 0) is 10.2 Å². The summed E-state index contributed by atoms with van der Waals surface area (Å²) in [7, 11) is -4.08. The van der Waals surface area contributed by atoms with Gasteiger partial charge in [0.2, 0.25) is 0 Å². The van der Waals surface area contributed by atoms with Gasteiger partial charge < -0.3 is 5.73 Å². The van der Waals surface area contributed by atoms with Crippen LogP contribution in [0.5, 0.6) is 0 Å². The van der Waals surface area contributed by atoms with E-state index in [2.05, 4.69) is 4.40 Å². The molecule has 0 fully saturated rings. The third-order valence-electron chi connectivity index (χ3n) is 2.59. The molecule has 0 aromatic carbocycles. The van der Waals surface area contributed by atoms with E-state index in [1.807, 2.05) is 5.38 Å². The second kappa shape index (κ2) is 4.21. The van der Waals surface area contributed by atoms with Crippen molar-refractivity contribution in [2.45, 2.75) is 13.8 Å². The lowest BCUT2D eigenvalue weighted by Crippen LogP contribution is -2.41. The summed E-state index contributed by atoms with van der Waals surface area (Å²) in [4.78, 5) is 11.9. The number of thiophene rings is 1. The van der Waals surface area contributed by atoms with Gasteiger partial charge in [0, 0.05) is 5.70 Å². The Hall–Kier alpha value is -1.67. The van der Waals surface area contributed by atoms with Crippen LogP contribution in [0.3, 0.4) is 0 Å². The van der Waals surface area contributed by atoms with E-state index in [-0.39, 0.29) is 5.70 Å². The third-order valence-corrected chi connectivity index (χ3v) is 4.80. The SMILES string of the molecule is CC1=C(C)N(C(N)=O)S(=O)(=O)N=C1c1cccs1. The third kappa shape index (κ3) is 1.93. The highest BCUT2D eigenvalue weighted by molar-refractivity contribution is 7.88. The molecule has 2 heterocycles. The summed E-state index contributed by atoms with van der Waals surface area (Å²) in [5.74, 6) is 0. The first kappa shape index (κ1) is 12.8. The van der Waals surface area contributed by atoms with E-state index >= 15 is 0 Å². The number of nitrogens with two attached hydrogens (primary N) is 1. The lowest BCUT2D eigenvalue weighted by molar-refractivity contribution is 0.238. The first-order chi connectivity index (χ1) is 8.34. The van der Waals surface area contributed by atoms with Gasteiger partial charge in [-0.2, -0.15) is 12.7 Å². The molecule has 2 N–H and O–H groups in total. The molecule has 2 amide bonds. The van der Waals surface area contributed by atoms with Crippen molar-refractivity contribution in [1.29, 1.82) is 0 Å². The summed E-state index contributed by atoms with van der Waals surface area (Å²) in [6.45, 7) is 3.23. The Morgan fingerprint density at radius 3 is 2.61 bits per heavy atom. The first-order valence-corrected chi connectivity index (χ1v) is 7.28. The van der Waals surface area contributed by atoms with E-state index in [0.29, 0.717) is 15.6 Å². The Bertz CT molecular complexity index is 657. The van der Waals surface area contributed by atoms with Gasteiger partial charge in [-0.3, -0.25) is 0 Å². The summed E-state index contributed by atoms with van der Waals surface area (Å²) >= 11 is 1.38. The van der Waals surface area contributed by atoms with Crippen molar-refractivity contribution in [2.24, 2.45) is 10.1 Å². The summed E-state index contributed by atoms with van der Waals surface area (Å²) in [5, 5.41) is 1.83. The summed E-state index contributed by atoms with van der Waals surface area (Å²) in [5.41, 5.74) is 6.32. The lowest BCUT2D eigenvalue weighted by Gasteiger charge is -2.25. The van der Waals surface area contributed by atoms with Gasteiger partial charge >= 0.3 is 16.2 Å². The molecule has 0 saturated heterocycles. The topological polar surface area (TPSA) is 92.8 Å². The van der Waals surface area contributed by atoms with E-state index in [9.17, 15) is 13.2 Å². The molecule has 18 heavy (non-hydrogen) atoms. The van der Waals surface area contributed by atoms with Crippen molar-refractivity contribution in [1.82, 2.24) is 4.31 Å². The van der Waals surface area contributed by atoms with E-state index in [4.69, 9.17) is 5.73 Å². The van der Waals surface area contributed by atoms with Gasteiger partial charge in [-0.1, -0.05) is 6.07 Å². The molecule has 2 rings (SSSR count). The molecule has 1 aromatic rings. The maximum absolute atomic E-state index is 11.9. The smallest absolute Gasteiger partial charge is 0.350 e. The Balaban J connectivity index is 2.64. The summed E-state index contributed by atoms with van der Waals surface area (Å²) in [6, 6.07) is 2.52. The molecule has 0 saturated carbocycles. The fourth-order valence-corrected chi connectivity index (χ4v) is 3.73. The fourth-order valence-electron chi connectivity index (χ4n) is 1.64. The van der Waals surface area contributed by atoms with Crippen molar-refractivity contribution in [2.75, 3.05) is 0 Å². The molecular weight excluding hydrogens is 274 g/mol. The van der Waals surface area contributed by atoms with Crippen LogP contribution in [0.25, 0.3) is 0 Å². The molecule has 0 aliphatic carbocycles. The molecule has 0 unspecified atom stereocenters. The van der Waals surface area contributed by atoms with Gasteiger partial charge in [0.1, 0.15) is 5.71 Å². The van der Waals surface area contributed by atoms with Crippen molar-refractivity contribution >= 4 is 33.3 Å². The van der Waals surface area contributed by atoms with E-state index in [1.54, 1.807) is 19.1 Å². The summed E-state index contributed by atoms with van der Waals surface area (Å²) in [6.07, 6.45) is 0. The second-order valence-corrected chi connectivity index (χ2v) is 6.10. The average Bonchev–Trinajstić information content (AvgIpc) is 2.75. The number of hydrogen-bond donors (Lipinski definition) is 1. The van der Waals surface area contributed by atoms with Crippen molar-refractivity contribution in [3.05, 3.63) is 33.7 Å². The van der Waals surface area contributed by atoms with Crippen molar-refractivity contribution in [3.63, 3.8) is 0 Å². The molecule has 1 aliphatic rings. The van der Waals surface area contributed by atoms with Gasteiger partial charge in [-0.25, -0.2) is 4.79 Å². The Morgan fingerprint density at radius 1 is 1.44 bits per heavy atom. The predicted octanol–water partition coefficient (Wildman–Crippen LogP) is 1.47. The minimum absolute atomic E-state index is 0.279. The highest BCUT2D eigenvalue weighted by atomic mass is 32.2. The van der Waals surface area contributed by atoms with Gasteiger partial charge in [0.25, 0.3) is 0 Å². The van der Waals surface area contributed by atoms with Crippen LogP contribution < -0.4 is 5.73 Å². The van der Waals surface area contributed by atoms with E-state index < -0.39 is 16.2 Å². The quantitative estimate of drug-likeness (QED) is 0.846. The predicted molar refractivity (Wildman–Crippen MR) is 69.6 cm³/mol. The van der Waals surface area contributed by atoms with Crippen LogP contribution in [0.15, 0.2) is 33.2 Å². The number of amides is 2. The van der Waals surface area contributed by atoms with Crippen LogP contribution in [0.4, 0.5) is 4.79 Å². The van der Waals surface area contributed by atoms with Crippen molar-refractivity contribution < 1.29 is 13.2 Å². The standard InChI is InChI=1S/C10H11N3O3S2/c1-6-7(2)13(10(11)14)18(15,16)12-9(6)8-4-3-5-17-8/h3-5H,1-2H3,(H2,11,14). The number of carbonyl (C=O) groups is 1. The first-order valence-electron chi connectivity index (χ1n) is 5.01. The molecule has 8 heteroatoms. The molecule has 0 bridgehead atoms. The molecule has 6 nitrogen and oxygen atoms in total. The number of primary amides is 1. The van der Waals surface area contributed by atoms with Crippen LogP contribution >= 0.6 is 11.3 Å². The number of rotatable bonds is 1. The van der Waals surface area contributed by atoms with Crippen LogP contribution in [-0.4, -0.2) is 24.5 Å². The molecular formula is C10H11N3O3S2. The molecule has 1 aliphatic heterocycles. The zero-order chi connectivity index (χ0) is 13.5. The lowest BCUT2D eigenvalue weighted by atomic mass is 10.1. The maximum Gasteiger partial charge on any atom is 0.353 e. The zero-order valence-corrected chi connectivity index (χ0v) is 11.4. The zero-order valence-electron chi connectivity index (χ0n) is 9.75. The summed E-state index contributed by atoms with van der Waals surface area (Å²) < 4.78 is 28.0. The van der Waals surface area contributed by atoms with Crippen LogP contribution in [0.2, 0.25) is 0 Å². The number of nitrogens with zero attached hydrogens (tertiary/aromatic N) is 2. The van der Waals surface area contributed by atoms with E-state index in [1.165, 1.54) is 18.3 Å². The minimum atomic E-state index is -4.08. The van der Waals surface area contributed by atoms with Crippen molar-refractivity contribution in [3.8, 4) is 0 Å². The molecule has 0 radical (unpaired) electrons. The second-order valence-electron chi connectivity index (χ2n) is 3.71. The maximum atomic E-state index is 11.9. The highest BCUT2D eigenvalue weighted by Crippen LogP contribution is 2.27. The largest absolute Gasteiger partial charge is 0.353 e. The monoisotopic (exact) mass is 285 g/mol. The number of hydrogen-bond acceptors (Lipinski definition) is 4. The average molecular weight is 285 g/mol. The Labute approximate surface area is 109 Å². The Morgan fingerprint density at radius 2 is 2.11 bits per heavy atom. The van der Waals surface area contributed by atoms with E-state index in [0.717, 1.165) is 4.88 Å². The van der Waals surface area contributed by atoms with Crippen LogP contribution in [0, 0.1) is 0 Å². The highest BCUT2D eigenvalue weighted by Gasteiger charge is 2.34.